The van der Waals surface area contributed by atoms with Crippen LogP contribution in [0.25, 0.3) is 5.57 Å². The summed E-state index contributed by atoms with van der Waals surface area (Å²) in [5.74, 6) is -1.90. The van der Waals surface area contributed by atoms with Gasteiger partial charge in [-0.25, -0.2) is 4.79 Å². The Morgan fingerprint density at radius 3 is 2.22 bits per heavy atom. The molecule has 3 rings (SSSR count). The minimum atomic E-state index is -4.37. The van der Waals surface area contributed by atoms with E-state index in [9.17, 15) is 22.4 Å². The van der Waals surface area contributed by atoms with Crippen LogP contribution in [-0.4, -0.2) is 17.1 Å². The van der Waals surface area contributed by atoms with E-state index in [0.29, 0.717) is 18.4 Å². The summed E-state index contributed by atoms with van der Waals surface area (Å²) in [4.78, 5) is 11.7. The fourth-order valence-electron chi connectivity index (χ4n) is 3.26. The van der Waals surface area contributed by atoms with Crippen LogP contribution in [-0.2, 0) is 9.53 Å². The quantitative estimate of drug-likeness (QED) is 0.416. The van der Waals surface area contributed by atoms with E-state index in [2.05, 4.69) is 0 Å². The lowest BCUT2D eigenvalue weighted by atomic mass is 9.77. The molecule has 23 heavy (non-hydrogen) atoms. The molecule has 1 aromatic rings. The van der Waals surface area contributed by atoms with E-state index in [4.69, 9.17) is 4.74 Å². The number of benzene rings is 1. The lowest BCUT2D eigenvalue weighted by Gasteiger charge is -2.34. The fraction of sp³-hybridized carbons (Fsp3) is 0.438. The molecule has 0 unspecified atom stereocenters. The molecule has 1 aliphatic carbocycles. The summed E-state index contributed by atoms with van der Waals surface area (Å²) < 4.78 is 56.7. The molecule has 1 fully saturated rings. The molecule has 7 heteroatoms. The Labute approximate surface area is 134 Å². The van der Waals surface area contributed by atoms with Gasteiger partial charge in [0.1, 0.15) is 5.60 Å². The van der Waals surface area contributed by atoms with Crippen LogP contribution in [0.5, 0.6) is 0 Å². The van der Waals surface area contributed by atoms with E-state index >= 15 is 0 Å². The predicted octanol–water partition coefficient (Wildman–Crippen LogP) is 5.24. The second-order valence-electron chi connectivity index (χ2n) is 5.71. The van der Waals surface area contributed by atoms with Crippen molar-refractivity contribution in [3.05, 3.63) is 35.7 Å². The van der Waals surface area contributed by atoms with Crippen LogP contribution < -0.4 is 0 Å². The van der Waals surface area contributed by atoms with Crippen molar-refractivity contribution < 1.29 is 27.1 Å². The molecule has 0 amide bonds. The minimum Gasteiger partial charge on any atom is -0.449 e. The number of halogens is 4. The molecule has 0 saturated heterocycles. The van der Waals surface area contributed by atoms with Gasteiger partial charge in [0.25, 0.3) is 0 Å². The van der Waals surface area contributed by atoms with Gasteiger partial charge in [-0.1, -0.05) is 18.6 Å². The van der Waals surface area contributed by atoms with Gasteiger partial charge in [-0.3, -0.25) is 0 Å². The highest BCUT2D eigenvalue weighted by molar-refractivity contribution is 8.00. The Morgan fingerprint density at radius 2 is 1.65 bits per heavy atom. The van der Waals surface area contributed by atoms with Crippen molar-refractivity contribution in [3.8, 4) is 0 Å². The third kappa shape index (κ3) is 3.24. The molecular weight excluding hydrogens is 332 g/mol. The number of hydrogen-bond donors (Lipinski definition) is 0. The summed E-state index contributed by atoms with van der Waals surface area (Å²) in [6.45, 7) is 0. The van der Waals surface area contributed by atoms with Gasteiger partial charge in [-0.15, -0.1) is 0 Å². The summed E-state index contributed by atoms with van der Waals surface area (Å²) in [7, 11) is 0. The molecule has 1 aliphatic heterocycles. The number of carbonyl (C=O) groups excluding carboxylic acids is 1. The third-order valence-electron chi connectivity index (χ3n) is 4.18. The van der Waals surface area contributed by atoms with Gasteiger partial charge in [0.15, 0.2) is 0 Å². The van der Waals surface area contributed by atoms with E-state index in [1.54, 1.807) is 0 Å². The maximum Gasteiger partial charge on any atom is 0.446 e. The molecule has 124 valence electrons. The summed E-state index contributed by atoms with van der Waals surface area (Å²) in [6.07, 6.45) is 3.73. The van der Waals surface area contributed by atoms with Crippen molar-refractivity contribution in [1.29, 1.82) is 0 Å². The topological polar surface area (TPSA) is 26.3 Å². The summed E-state index contributed by atoms with van der Waals surface area (Å²) >= 11 is -0.228. The third-order valence-corrected chi connectivity index (χ3v) is 4.92. The Bertz CT molecular complexity index is 643. The van der Waals surface area contributed by atoms with Crippen LogP contribution >= 0.6 is 11.8 Å². The maximum absolute atomic E-state index is 14.3. The fourth-order valence-corrected chi connectivity index (χ4v) is 3.80. The average molecular weight is 346 g/mol. The molecule has 0 radical (unpaired) electrons. The average Bonchev–Trinajstić information content (AvgIpc) is 2.70. The summed E-state index contributed by atoms with van der Waals surface area (Å²) in [5.41, 5.74) is -4.74. The zero-order valence-electron chi connectivity index (χ0n) is 12.1. The number of thioether (sulfide) groups is 1. The predicted molar refractivity (Wildman–Crippen MR) is 78.3 cm³/mol. The van der Waals surface area contributed by atoms with Crippen LogP contribution in [0.3, 0.4) is 0 Å². The van der Waals surface area contributed by atoms with Crippen LogP contribution in [0.4, 0.5) is 17.6 Å². The van der Waals surface area contributed by atoms with Gasteiger partial charge >= 0.3 is 11.5 Å². The molecule has 1 spiro atoms. The lowest BCUT2D eigenvalue weighted by Crippen LogP contribution is -2.33. The molecule has 1 heterocycles. The molecule has 1 aromatic carbocycles. The van der Waals surface area contributed by atoms with Crippen molar-refractivity contribution in [3.63, 3.8) is 0 Å². The molecule has 0 bridgehead atoms. The van der Waals surface area contributed by atoms with Gasteiger partial charge in [-0.05, 0) is 55.1 Å². The molecular formula is C16H14F4O2S. The van der Waals surface area contributed by atoms with Crippen molar-refractivity contribution >= 4 is 23.3 Å². The van der Waals surface area contributed by atoms with Crippen molar-refractivity contribution in [2.45, 2.75) is 48.1 Å². The second kappa shape index (κ2) is 5.85. The van der Waals surface area contributed by atoms with Crippen LogP contribution in [0, 0.1) is 0 Å². The highest BCUT2D eigenvalue weighted by atomic mass is 32.2. The largest absolute Gasteiger partial charge is 0.449 e. The number of ether oxygens (including phenoxy) is 1. The van der Waals surface area contributed by atoms with Crippen LogP contribution in [0.15, 0.2) is 35.0 Å². The van der Waals surface area contributed by atoms with Crippen LogP contribution in [0.1, 0.15) is 37.7 Å². The Balaban J connectivity index is 1.93. The van der Waals surface area contributed by atoms with E-state index < -0.39 is 22.9 Å². The van der Waals surface area contributed by atoms with Gasteiger partial charge in [0.05, 0.1) is 0 Å². The Morgan fingerprint density at radius 1 is 1.04 bits per heavy atom. The standard InChI is InChI=1S/C16H14F4O2S/c17-13-12(15(22-14(13)21)8-2-1-3-9-15)10-4-6-11(7-5-10)23-16(18,19)20/h4-7H,1-3,8-9H2. The van der Waals surface area contributed by atoms with Crippen LogP contribution in [0.2, 0.25) is 0 Å². The smallest absolute Gasteiger partial charge is 0.446 e. The summed E-state index contributed by atoms with van der Waals surface area (Å²) in [5, 5.41) is 0. The number of alkyl halides is 3. The first-order valence-corrected chi connectivity index (χ1v) is 8.12. The molecule has 1 saturated carbocycles. The van der Waals surface area contributed by atoms with Crippen molar-refractivity contribution in [2.75, 3.05) is 0 Å². The SMILES string of the molecule is O=C1OC2(CCCCC2)C(c2ccc(SC(F)(F)F)cc2)=C1F. The number of rotatable bonds is 2. The highest BCUT2D eigenvalue weighted by Gasteiger charge is 2.49. The maximum atomic E-state index is 14.3. The Kier molecular flexibility index (Phi) is 4.16. The number of hydrogen-bond acceptors (Lipinski definition) is 3. The molecule has 2 nitrogen and oxygen atoms in total. The monoisotopic (exact) mass is 346 g/mol. The molecule has 2 aliphatic rings. The lowest BCUT2D eigenvalue weighted by molar-refractivity contribution is -0.149. The van der Waals surface area contributed by atoms with E-state index in [1.807, 2.05) is 0 Å². The number of carbonyl (C=O) groups is 1. The second-order valence-corrected chi connectivity index (χ2v) is 6.84. The summed E-state index contributed by atoms with van der Waals surface area (Å²) in [6, 6.07) is 5.41. The first-order chi connectivity index (χ1) is 10.8. The van der Waals surface area contributed by atoms with E-state index in [-0.39, 0.29) is 22.2 Å². The first-order valence-electron chi connectivity index (χ1n) is 7.31. The normalized spacial score (nSPS) is 21.0. The first kappa shape index (κ1) is 16.4. The van der Waals surface area contributed by atoms with E-state index in [0.717, 1.165) is 19.3 Å². The van der Waals surface area contributed by atoms with Crippen molar-refractivity contribution in [1.82, 2.24) is 0 Å². The molecule has 0 N–H and O–H groups in total. The van der Waals surface area contributed by atoms with Crippen molar-refractivity contribution in [2.24, 2.45) is 0 Å². The number of esters is 1. The molecule has 0 aromatic heterocycles. The van der Waals surface area contributed by atoms with Gasteiger partial charge in [0, 0.05) is 10.5 Å². The Hall–Kier alpha value is -1.50. The zero-order chi connectivity index (χ0) is 16.7. The van der Waals surface area contributed by atoms with E-state index in [1.165, 1.54) is 24.3 Å². The molecule has 0 atom stereocenters. The van der Waals surface area contributed by atoms with Gasteiger partial charge < -0.3 is 4.74 Å². The van der Waals surface area contributed by atoms with Gasteiger partial charge in [-0.2, -0.15) is 17.6 Å². The van der Waals surface area contributed by atoms with Gasteiger partial charge in [0.2, 0.25) is 5.83 Å². The zero-order valence-corrected chi connectivity index (χ0v) is 12.9. The highest BCUT2D eigenvalue weighted by Crippen LogP contribution is 2.49. The minimum absolute atomic E-state index is 0.0187.